The van der Waals surface area contributed by atoms with Crippen LogP contribution in [0.15, 0.2) is 36.7 Å². The first kappa shape index (κ1) is 18.8. The molecule has 140 valence electrons. The quantitative estimate of drug-likeness (QED) is 0.624. The fourth-order valence-corrected chi connectivity index (χ4v) is 2.57. The fraction of sp³-hybridized carbons (Fsp3) is 0.263. The van der Waals surface area contributed by atoms with Crippen LogP contribution < -0.4 is 14.8 Å². The van der Waals surface area contributed by atoms with Crippen molar-refractivity contribution >= 4 is 17.5 Å². The molecule has 0 saturated heterocycles. The number of anilines is 1. The topological polar surface area (TPSA) is 82.0 Å². The molecule has 3 heterocycles. The highest BCUT2D eigenvalue weighted by Gasteiger charge is 2.14. The molecule has 0 saturated carbocycles. The van der Waals surface area contributed by atoms with E-state index in [0.29, 0.717) is 45.4 Å². The number of pyridine rings is 2. The Morgan fingerprint density at radius 3 is 2.59 bits per heavy atom. The van der Waals surface area contributed by atoms with E-state index in [4.69, 9.17) is 21.1 Å². The lowest BCUT2D eigenvalue weighted by Gasteiger charge is -2.13. The van der Waals surface area contributed by atoms with Crippen molar-refractivity contribution < 1.29 is 9.47 Å². The molecule has 3 aromatic heterocycles. The minimum Gasteiger partial charge on any atom is -0.480 e. The van der Waals surface area contributed by atoms with Gasteiger partial charge in [0.2, 0.25) is 11.8 Å². The Hall–Kier alpha value is -2.93. The summed E-state index contributed by atoms with van der Waals surface area (Å²) in [6.45, 7) is 5.90. The normalized spacial score (nSPS) is 10.7. The van der Waals surface area contributed by atoms with Crippen LogP contribution in [0.1, 0.15) is 19.5 Å². The van der Waals surface area contributed by atoms with Gasteiger partial charge in [0.05, 0.1) is 24.1 Å². The summed E-state index contributed by atoms with van der Waals surface area (Å²) in [5.74, 6) is 2.18. The highest BCUT2D eigenvalue weighted by molar-refractivity contribution is 6.29. The number of ether oxygens (including phenoxy) is 2. The monoisotopic (exact) mass is 385 g/mol. The van der Waals surface area contributed by atoms with Gasteiger partial charge in [-0.15, -0.1) is 0 Å². The molecule has 3 aromatic rings. The van der Waals surface area contributed by atoms with E-state index in [1.807, 2.05) is 32.9 Å². The third-order valence-corrected chi connectivity index (χ3v) is 3.81. The van der Waals surface area contributed by atoms with Crippen LogP contribution in [0.5, 0.6) is 17.4 Å². The van der Waals surface area contributed by atoms with Crippen LogP contribution in [0.2, 0.25) is 5.15 Å². The van der Waals surface area contributed by atoms with Gasteiger partial charge in [-0.1, -0.05) is 11.6 Å². The van der Waals surface area contributed by atoms with Crippen molar-refractivity contribution in [3.63, 3.8) is 0 Å². The van der Waals surface area contributed by atoms with Gasteiger partial charge < -0.3 is 14.8 Å². The van der Waals surface area contributed by atoms with E-state index in [1.54, 1.807) is 31.6 Å². The van der Waals surface area contributed by atoms with E-state index in [-0.39, 0.29) is 6.04 Å². The van der Waals surface area contributed by atoms with Gasteiger partial charge in [0.15, 0.2) is 0 Å². The third-order valence-electron chi connectivity index (χ3n) is 3.60. The maximum atomic E-state index is 5.89. The number of nitrogens with one attached hydrogen (secondary N) is 1. The summed E-state index contributed by atoms with van der Waals surface area (Å²) in [5, 5.41) is 3.52. The van der Waals surface area contributed by atoms with Crippen molar-refractivity contribution in [1.82, 2.24) is 19.9 Å². The van der Waals surface area contributed by atoms with Gasteiger partial charge in [-0.05, 0) is 39.0 Å². The zero-order valence-corrected chi connectivity index (χ0v) is 16.3. The van der Waals surface area contributed by atoms with Gasteiger partial charge >= 0.3 is 0 Å². The number of rotatable bonds is 6. The van der Waals surface area contributed by atoms with Gasteiger partial charge in [-0.2, -0.15) is 4.98 Å². The molecule has 1 N–H and O–H groups in total. The summed E-state index contributed by atoms with van der Waals surface area (Å²) in [5.41, 5.74) is 2.11. The Bertz CT molecular complexity index is 949. The Morgan fingerprint density at radius 1 is 1.11 bits per heavy atom. The standard InChI is InChI=1S/C19H20ClN5O2/c1-11(2)23-19-22-10-14(18(25-19)26-4)15-5-6-16(12(3)24-15)27-13-7-8-21-17(20)9-13/h5-11H,1-4H3,(H,22,23,25). The average molecular weight is 386 g/mol. The zero-order chi connectivity index (χ0) is 19.4. The predicted molar refractivity (Wildman–Crippen MR) is 105 cm³/mol. The number of methoxy groups -OCH3 is 1. The molecule has 8 heteroatoms. The zero-order valence-electron chi connectivity index (χ0n) is 15.5. The number of aryl methyl sites for hydroxylation is 1. The molecule has 7 nitrogen and oxygen atoms in total. The molecule has 0 aliphatic carbocycles. The Kier molecular flexibility index (Phi) is 5.71. The van der Waals surface area contributed by atoms with Crippen molar-refractivity contribution in [2.24, 2.45) is 0 Å². The lowest BCUT2D eigenvalue weighted by molar-refractivity contribution is 0.399. The lowest BCUT2D eigenvalue weighted by Crippen LogP contribution is -2.13. The highest BCUT2D eigenvalue weighted by Crippen LogP contribution is 2.31. The maximum absolute atomic E-state index is 5.89. The number of hydrogen-bond donors (Lipinski definition) is 1. The van der Waals surface area contributed by atoms with E-state index in [2.05, 4.69) is 25.3 Å². The Balaban J connectivity index is 1.89. The molecular weight excluding hydrogens is 366 g/mol. The molecule has 0 unspecified atom stereocenters. The Labute approximate surface area is 162 Å². The summed E-state index contributed by atoms with van der Waals surface area (Å²) >= 11 is 5.89. The SMILES string of the molecule is COc1nc(NC(C)C)ncc1-c1ccc(Oc2ccnc(Cl)c2)c(C)n1. The van der Waals surface area contributed by atoms with Crippen LogP contribution >= 0.6 is 11.6 Å². The summed E-state index contributed by atoms with van der Waals surface area (Å²) in [6, 6.07) is 7.27. The van der Waals surface area contributed by atoms with Crippen molar-refractivity contribution in [1.29, 1.82) is 0 Å². The van der Waals surface area contributed by atoms with Gasteiger partial charge in [0.1, 0.15) is 16.7 Å². The van der Waals surface area contributed by atoms with Crippen LogP contribution in [-0.4, -0.2) is 33.1 Å². The number of aromatic nitrogens is 4. The summed E-state index contributed by atoms with van der Waals surface area (Å²) in [4.78, 5) is 17.3. The number of halogens is 1. The first-order valence-corrected chi connectivity index (χ1v) is 8.79. The van der Waals surface area contributed by atoms with Gasteiger partial charge in [0, 0.05) is 24.5 Å². The summed E-state index contributed by atoms with van der Waals surface area (Å²) in [7, 11) is 1.57. The molecule has 0 aromatic carbocycles. The molecule has 0 radical (unpaired) electrons. The number of nitrogens with zero attached hydrogens (tertiary/aromatic N) is 4. The molecule has 0 bridgehead atoms. The molecule has 0 fully saturated rings. The molecular formula is C19H20ClN5O2. The summed E-state index contributed by atoms with van der Waals surface area (Å²) in [6.07, 6.45) is 3.28. The van der Waals surface area contributed by atoms with E-state index in [9.17, 15) is 0 Å². The second-order valence-corrected chi connectivity index (χ2v) is 6.50. The largest absolute Gasteiger partial charge is 0.480 e. The highest BCUT2D eigenvalue weighted by atomic mass is 35.5. The summed E-state index contributed by atoms with van der Waals surface area (Å²) < 4.78 is 11.3. The van der Waals surface area contributed by atoms with E-state index in [1.165, 1.54) is 0 Å². The van der Waals surface area contributed by atoms with E-state index >= 15 is 0 Å². The molecule has 27 heavy (non-hydrogen) atoms. The van der Waals surface area contributed by atoms with Gasteiger partial charge in [-0.3, -0.25) is 0 Å². The van der Waals surface area contributed by atoms with E-state index < -0.39 is 0 Å². The minimum atomic E-state index is 0.221. The Morgan fingerprint density at radius 2 is 1.93 bits per heavy atom. The molecule has 0 aliphatic rings. The van der Waals surface area contributed by atoms with Crippen LogP contribution in [0.25, 0.3) is 11.3 Å². The van der Waals surface area contributed by atoms with Crippen molar-refractivity contribution in [2.75, 3.05) is 12.4 Å². The molecule has 0 atom stereocenters. The lowest BCUT2D eigenvalue weighted by atomic mass is 10.2. The van der Waals surface area contributed by atoms with Gasteiger partial charge in [-0.25, -0.2) is 15.0 Å². The van der Waals surface area contributed by atoms with Crippen LogP contribution in [0.3, 0.4) is 0 Å². The average Bonchev–Trinajstić information content (AvgIpc) is 2.63. The molecule has 3 rings (SSSR count). The third kappa shape index (κ3) is 4.62. The molecule has 0 spiro atoms. The maximum Gasteiger partial charge on any atom is 0.227 e. The van der Waals surface area contributed by atoms with Crippen molar-refractivity contribution in [3.8, 4) is 28.6 Å². The van der Waals surface area contributed by atoms with Crippen molar-refractivity contribution in [2.45, 2.75) is 26.8 Å². The van der Waals surface area contributed by atoms with Crippen LogP contribution in [0, 0.1) is 6.92 Å². The fourth-order valence-electron chi connectivity index (χ4n) is 2.41. The second kappa shape index (κ2) is 8.18. The molecule has 0 aliphatic heterocycles. The van der Waals surface area contributed by atoms with E-state index in [0.717, 1.165) is 0 Å². The smallest absolute Gasteiger partial charge is 0.227 e. The number of hydrogen-bond acceptors (Lipinski definition) is 7. The van der Waals surface area contributed by atoms with Crippen molar-refractivity contribution in [3.05, 3.63) is 47.5 Å². The van der Waals surface area contributed by atoms with Crippen LogP contribution in [-0.2, 0) is 0 Å². The first-order valence-electron chi connectivity index (χ1n) is 8.41. The van der Waals surface area contributed by atoms with Gasteiger partial charge in [0.25, 0.3) is 0 Å². The predicted octanol–water partition coefficient (Wildman–Crippen LogP) is 4.52. The second-order valence-electron chi connectivity index (χ2n) is 6.11. The molecule has 0 amide bonds. The van der Waals surface area contributed by atoms with Crippen LogP contribution in [0.4, 0.5) is 5.95 Å². The minimum absolute atomic E-state index is 0.221. The first-order chi connectivity index (χ1) is 13.0.